The predicted octanol–water partition coefficient (Wildman–Crippen LogP) is 2.17. The van der Waals surface area contributed by atoms with Crippen molar-refractivity contribution in [1.82, 2.24) is 4.98 Å². The lowest BCUT2D eigenvalue weighted by molar-refractivity contribution is 0.0950. The van der Waals surface area contributed by atoms with E-state index in [0.29, 0.717) is 0 Å². The highest BCUT2D eigenvalue weighted by molar-refractivity contribution is 6.21. The van der Waals surface area contributed by atoms with E-state index in [0.717, 1.165) is 12.1 Å². The van der Waals surface area contributed by atoms with Crippen molar-refractivity contribution in [3.8, 4) is 0 Å². The zero-order valence-electron chi connectivity index (χ0n) is 4.81. The first-order chi connectivity index (χ1) is 4.61. The molecule has 0 saturated carbocycles. The number of hydrogen-bond donors (Lipinski definition) is 0. The monoisotopic (exact) mass is 162 g/mol. The van der Waals surface area contributed by atoms with Crippen LogP contribution in [0.5, 0.6) is 0 Å². The summed E-state index contributed by atoms with van der Waals surface area (Å²) in [5, 5.41) is -3.31. The first-order valence-corrected chi connectivity index (χ1v) is 2.88. The lowest BCUT2D eigenvalue weighted by atomic mass is 10.3. The SMILES string of the molecule is FC(F)(Cl)c1c[c]ncc1. The number of hydrogen-bond acceptors (Lipinski definition) is 1. The molecule has 1 radical (unpaired) electrons. The third kappa shape index (κ3) is 1.64. The Hall–Kier alpha value is -0.700. The van der Waals surface area contributed by atoms with Crippen LogP contribution < -0.4 is 0 Å². The maximum atomic E-state index is 12.2. The van der Waals surface area contributed by atoms with Gasteiger partial charge < -0.3 is 0 Å². The Morgan fingerprint density at radius 3 is 2.60 bits per heavy atom. The molecule has 1 aromatic heterocycles. The number of nitrogens with zero attached hydrogens (tertiary/aromatic N) is 1. The number of alkyl halides is 3. The maximum Gasteiger partial charge on any atom is 0.348 e. The summed E-state index contributed by atoms with van der Waals surface area (Å²) in [6.07, 6.45) is 3.47. The minimum atomic E-state index is -3.31. The van der Waals surface area contributed by atoms with Gasteiger partial charge in [-0.15, -0.1) is 0 Å². The van der Waals surface area contributed by atoms with Crippen LogP contribution in [0.25, 0.3) is 0 Å². The average Bonchev–Trinajstić information content (AvgIpc) is 1.88. The van der Waals surface area contributed by atoms with Crippen LogP contribution >= 0.6 is 11.6 Å². The van der Waals surface area contributed by atoms with E-state index in [1.54, 1.807) is 0 Å². The molecule has 0 aliphatic rings. The van der Waals surface area contributed by atoms with Crippen molar-refractivity contribution < 1.29 is 8.78 Å². The smallest absolute Gasteiger partial charge is 0.255 e. The lowest BCUT2D eigenvalue weighted by Gasteiger charge is -2.05. The molecule has 0 spiro atoms. The van der Waals surface area contributed by atoms with Gasteiger partial charge in [0.15, 0.2) is 0 Å². The van der Waals surface area contributed by atoms with Crippen LogP contribution in [-0.2, 0) is 5.38 Å². The Bertz CT molecular complexity index is 207. The van der Waals surface area contributed by atoms with E-state index in [9.17, 15) is 8.78 Å². The second-order valence-corrected chi connectivity index (χ2v) is 2.15. The quantitative estimate of drug-likeness (QED) is 0.577. The summed E-state index contributed by atoms with van der Waals surface area (Å²) in [5.41, 5.74) is -0.288. The second kappa shape index (κ2) is 2.50. The van der Waals surface area contributed by atoms with E-state index >= 15 is 0 Å². The summed E-state index contributed by atoms with van der Waals surface area (Å²) in [6, 6.07) is 2.19. The second-order valence-electron chi connectivity index (χ2n) is 1.67. The summed E-state index contributed by atoms with van der Waals surface area (Å²) >= 11 is 4.68. The van der Waals surface area contributed by atoms with Crippen molar-refractivity contribution in [1.29, 1.82) is 0 Å². The third-order valence-corrected chi connectivity index (χ3v) is 1.17. The Morgan fingerprint density at radius 1 is 1.60 bits per heavy atom. The highest BCUT2D eigenvalue weighted by atomic mass is 35.5. The van der Waals surface area contributed by atoms with Crippen molar-refractivity contribution in [3.05, 3.63) is 30.1 Å². The van der Waals surface area contributed by atoms with Crippen LogP contribution in [0.1, 0.15) is 5.56 Å². The molecule has 1 nitrogen and oxygen atoms in total. The van der Waals surface area contributed by atoms with Gasteiger partial charge in [-0.3, -0.25) is 4.98 Å². The van der Waals surface area contributed by atoms with Crippen molar-refractivity contribution >= 4 is 11.6 Å². The zero-order chi connectivity index (χ0) is 7.61. The Morgan fingerprint density at radius 2 is 2.30 bits per heavy atom. The van der Waals surface area contributed by atoms with E-state index in [4.69, 9.17) is 0 Å². The minimum absolute atomic E-state index is 0.288. The van der Waals surface area contributed by atoms with Gasteiger partial charge in [-0.05, 0) is 23.7 Å². The molecular weight excluding hydrogens is 160 g/mol. The number of rotatable bonds is 1. The molecule has 0 amide bonds. The Labute approximate surface area is 61.7 Å². The molecule has 0 aromatic carbocycles. The van der Waals surface area contributed by atoms with Gasteiger partial charge in [-0.25, -0.2) is 0 Å². The topological polar surface area (TPSA) is 12.9 Å². The molecule has 0 atom stereocenters. The van der Waals surface area contributed by atoms with Crippen LogP contribution in [-0.4, -0.2) is 4.98 Å². The molecule has 0 aliphatic carbocycles. The van der Waals surface area contributed by atoms with Gasteiger partial charge in [0.25, 0.3) is 0 Å². The Balaban J connectivity index is 2.97. The van der Waals surface area contributed by atoms with Gasteiger partial charge in [0.2, 0.25) is 0 Å². The normalized spacial score (nSPS) is 11.5. The number of halogens is 3. The summed E-state index contributed by atoms with van der Waals surface area (Å²) in [7, 11) is 0. The van der Waals surface area contributed by atoms with Crippen molar-refractivity contribution in [2.45, 2.75) is 5.38 Å². The fourth-order valence-corrected chi connectivity index (χ4v) is 0.609. The molecule has 0 fully saturated rings. The van der Waals surface area contributed by atoms with Crippen LogP contribution in [0.15, 0.2) is 18.3 Å². The fourth-order valence-electron chi connectivity index (χ4n) is 0.492. The van der Waals surface area contributed by atoms with Crippen molar-refractivity contribution in [2.75, 3.05) is 0 Å². The number of pyridine rings is 1. The molecule has 4 heteroatoms. The van der Waals surface area contributed by atoms with Crippen LogP contribution in [0.2, 0.25) is 0 Å². The Kier molecular flexibility index (Phi) is 1.85. The van der Waals surface area contributed by atoms with Crippen LogP contribution in [0.3, 0.4) is 0 Å². The molecular formula is C6H3ClF2N. The zero-order valence-corrected chi connectivity index (χ0v) is 5.57. The molecule has 0 N–H and O–H groups in total. The van der Waals surface area contributed by atoms with Gasteiger partial charge >= 0.3 is 5.38 Å². The van der Waals surface area contributed by atoms with E-state index in [-0.39, 0.29) is 5.56 Å². The summed E-state index contributed by atoms with van der Waals surface area (Å²) in [4.78, 5) is 3.44. The molecule has 10 heavy (non-hydrogen) atoms. The van der Waals surface area contributed by atoms with Crippen molar-refractivity contribution in [2.24, 2.45) is 0 Å². The highest BCUT2D eigenvalue weighted by Crippen LogP contribution is 2.31. The molecule has 0 aliphatic heterocycles. The number of aromatic nitrogens is 1. The third-order valence-electron chi connectivity index (χ3n) is 0.951. The van der Waals surface area contributed by atoms with E-state index in [2.05, 4.69) is 22.8 Å². The van der Waals surface area contributed by atoms with Gasteiger partial charge in [-0.2, -0.15) is 8.78 Å². The van der Waals surface area contributed by atoms with Gasteiger partial charge in [0, 0.05) is 11.8 Å². The van der Waals surface area contributed by atoms with Gasteiger partial charge in [-0.1, -0.05) is 0 Å². The van der Waals surface area contributed by atoms with Crippen LogP contribution in [0, 0.1) is 6.20 Å². The van der Waals surface area contributed by atoms with E-state index < -0.39 is 5.38 Å². The van der Waals surface area contributed by atoms with E-state index in [1.807, 2.05) is 0 Å². The molecule has 0 unspecified atom stereocenters. The molecule has 1 aromatic rings. The molecule has 0 saturated heterocycles. The minimum Gasteiger partial charge on any atom is -0.255 e. The largest absolute Gasteiger partial charge is 0.348 e. The van der Waals surface area contributed by atoms with Crippen molar-refractivity contribution in [3.63, 3.8) is 0 Å². The first-order valence-electron chi connectivity index (χ1n) is 2.50. The van der Waals surface area contributed by atoms with E-state index in [1.165, 1.54) is 6.20 Å². The molecule has 1 rings (SSSR count). The standard InChI is InChI=1S/C6H3ClF2N/c7-6(8,9)5-1-3-10-4-2-5/h1-3H. The fraction of sp³-hybridized carbons (Fsp3) is 0.167. The van der Waals surface area contributed by atoms with Gasteiger partial charge in [0.1, 0.15) is 0 Å². The average molecular weight is 163 g/mol. The predicted molar refractivity (Wildman–Crippen MR) is 32.8 cm³/mol. The lowest BCUT2D eigenvalue weighted by Crippen LogP contribution is -2.02. The first kappa shape index (κ1) is 7.41. The summed E-state index contributed by atoms with van der Waals surface area (Å²) in [5.74, 6) is 0. The maximum absolute atomic E-state index is 12.2. The summed E-state index contributed by atoms with van der Waals surface area (Å²) < 4.78 is 24.3. The summed E-state index contributed by atoms with van der Waals surface area (Å²) in [6.45, 7) is 0. The van der Waals surface area contributed by atoms with Crippen LogP contribution in [0.4, 0.5) is 8.78 Å². The molecule has 1 heterocycles. The van der Waals surface area contributed by atoms with Gasteiger partial charge in [0.05, 0.1) is 6.20 Å². The highest BCUT2D eigenvalue weighted by Gasteiger charge is 2.26. The molecule has 53 valence electrons. The molecule has 0 bridgehead atoms.